The summed E-state index contributed by atoms with van der Waals surface area (Å²) in [6.07, 6.45) is 5.53. The van der Waals surface area contributed by atoms with Gasteiger partial charge < -0.3 is 40.0 Å². The molecule has 3 aliphatic heterocycles. The van der Waals surface area contributed by atoms with Crippen LogP contribution in [-0.4, -0.2) is 107 Å². The van der Waals surface area contributed by atoms with Crippen molar-refractivity contribution in [3.8, 4) is 5.75 Å². The van der Waals surface area contributed by atoms with Crippen LogP contribution in [0.5, 0.6) is 5.75 Å². The summed E-state index contributed by atoms with van der Waals surface area (Å²) in [6, 6.07) is 9.82. The van der Waals surface area contributed by atoms with Crippen LogP contribution in [0.3, 0.4) is 0 Å². The Morgan fingerprint density at radius 2 is 1.82 bits per heavy atom. The number of benzene rings is 1. The van der Waals surface area contributed by atoms with Crippen LogP contribution in [0.1, 0.15) is 61.8 Å². The van der Waals surface area contributed by atoms with Gasteiger partial charge in [0.15, 0.2) is 11.6 Å². The summed E-state index contributed by atoms with van der Waals surface area (Å²) in [7, 11) is 1.37. The summed E-state index contributed by atoms with van der Waals surface area (Å²) >= 11 is 1.43. The Labute approximate surface area is 300 Å². The van der Waals surface area contributed by atoms with Gasteiger partial charge in [0.05, 0.1) is 25.0 Å². The molecule has 0 radical (unpaired) electrons. The van der Waals surface area contributed by atoms with Crippen LogP contribution in [0.2, 0.25) is 0 Å². The first kappa shape index (κ1) is 34.4. The van der Waals surface area contributed by atoms with E-state index in [0.717, 1.165) is 46.4 Å². The fourth-order valence-corrected chi connectivity index (χ4v) is 8.07. The zero-order valence-electron chi connectivity index (χ0n) is 29.4. The number of piperidine rings is 2. The predicted molar refractivity (Wildman–Crippen MR) is 195 cm³/mol. The first-order valence-corrected chi connectivity index (χ1v) is 18.2. The van der Waals surface area contributed by atoms with Gasteiger partial charge in [-0.25, -0.2) is 19.1 Å². The van der Waals surface area contributed by atoms with Gasteiger partial charge in [-0.15, -0.1) is 11.3 Å². The van der Waals surface area contributed by atoms with Gasteiger partial charge >= 0.3 is 12.2 Å². The van der Waals surface area contributed by atoms with Gasteiger partial charge in [0.2, 0.25) is 0 Å². The first-order valence-electron chi connectivity index (χ1n) is 17.4. The minimum absolute atomic E-state index is 0.133. The van der Waals surface area contributed by atoms with Gasteiger partial charge in [-0.1, -0.05) is 18.2 Å². The Morgan fingerprint density at radius 1 is 1.04 bits per heavy atom. The van der Waals surface area contributed by atoms with Gasteiger partial charge in [0, 0.05) is 61.7 Å². The molecule has 2 fully saturated rings. The van der Waals surface area contributed by atoms with E-state index >= 15 is 0 Å². The highest BCUT2D eigenvalue weighted by Gasteiger charge is 2.32. The maximum absolute atomic E-state index is 14.1. The number of likely N-dealkylation sites (tertiary alicyclic amines) is 1. The second kappa shape index (κ2) is 13.9. The SMILES string of the molecule is COC(=O)N1CC=C(c2cc(N3CCC[C@@H](NC(=O)c4sc5ccccc5c4OC4CCN(C(=O)OC(C)(C)C)CC4)C3)c3c(N)ncnn23)C1. The van der Waals surface area contributed by atoms with Gasteiger partial charge in [0.25, 0.3) is 5.91 Å². The number of nitrogens with zero attached hydrogens (tertiary/aromatic N) is 6. The fourth-order valence-electron chi connectivity index (χ4n) is 7.03. The number of carbonyl (C=O) groups is 3. The normalized spacial score (nSPS) is 18.6. The molecule has 0 bridgehead atoms. The number of nitrogen functional groups attached to an aromatic ring is 1. The predicted octanol–water partition coefficient (Wildman–Crippen LogP) is 5.17. The number of fused-ring (bicyclic) bond motifs is 2. The van der Waals surface area contributed by atoms with E-state index in [-0.39, 0.29) is 30.2 Å². The average molecular weight is 717 g/mol. The van der Waals surface area contributed by atoms with Crippen LogP contribution >= 0.6 is 11.3 Å². The Morgan fingerprint density at radius 3 is 2.59 bits per heavy atom. The molecule has 3 N–H and O–H groups in total. The molecule has 51 heavy (non-hydrogen) atoms. The van der Waals surface area contributed by atoms with Crippen LogP contribution < -0.4 is 20.7 Å². The largest absolute Gasteiger partial charge is 0.488 e. The number of thiophene rings is 1. The standard InChI is InChI=1S/C36H44N8O6S/c1-36(2,3)50-35(47)41-16-12-24(13-17-41)49-30-25-9-5-6-10-28(25)51-31(30)33(45)40-23-8-7-14-42(20-23)27-18-26(44-29(27)32(37)38-21-39-44)22-11-15-43(19-22)34(46)48-4/h5-6,9-11,18,21,23-24H,7-8,12-17,19-20H2,1-4H3,(H,40,45)(H2,37,38,39)/t23-/m1/s1. The van der Waals surface area contributed by atoms with Crippen LogP contribution in [0.4, 0.5) is 21.1 Å². The Bertz CT molecular complexity index is 1990. The summed E-state index contributed by atoms with van der Waals surface area (Å²) < 4.78 is 19.8. The quantitative estimate of drug-likeness (QED) is 0.273. The van der Waals surface area contributed by atoms with Crippen LogP contribution in [0.15, 0.2) is 42.7 Å². The number of rotatable bonds is 6. The number of hydrogen-bond donors (Lipinski definition) is 2. The average Bonchev–Trinajstić information content (AvgIpc) is 3.84. The van der Waals surface area contributed by atoms with Crippen LogP contribution in [0.25, 0.3) is 21.2 Å². The highest BCUT2D eigenvalue weighted by Crippen LogP contribution is 2.40. The number of methoxy groups -OCH3 is 1. The summed E-state index contributed by atoms with van der Waals surface area (Å²) in [4.78, 5) is 49.2. The summed E-state index contributed by atoms with van der Waals surface area (Å²) in [6.45, 7) is 8.80. The molecule has 1 atom stereocenters. The van der Waals surface area contributed by atoms with Crippen molar-refractivity contribution in [2.75, 3.05) is 57.0 Å². The lowest BCUT2D eigenvalue weighted by Crippen LogP contribution is -2.47. The Hall–Kier alpha value is -5.05. The molecule has 15 heteroatoms. The topological polar surface area (TPSA) is 157 Å². The van der Waals surface area contributed by atoms with Crippen molar-refractivity contribution in [1.29, 1.82) is 0 Å². The zero-order valence-corrected chi connectivity index (χ0v) is 30.2. The molecule has 2 saturated heterocycles. The van der Waals surface area contributed by atoms with Gasteiger partial charge in [-0.05, 0) is 57.4 Å². The smallest absolute Gasteiger partial charge is 0.410 e. The Kier molecular flexibility index (Phi) is 9.40. The number of amides is 3. The van der Waals surface area contributed by atoms with Crippen LogP contribution in [0, 0.1) is 0 Å². The number of carbonyl (C=O) groups excluding carboxylic acids is 3. The third-order valence-corrected chi connectivity index (χ3v) is 10.6. The number of hydrogen-bond acceptors (Lipinski definition) is 11. The third kappa shape index (κ3) is 7.12. The summed E-state index contributed by atoms with van der Waals surface area (Å²) in [5.41, 5.74) is 9.21. The molecule has 4 aromatic rings. The summed E-state index contributed by atoms with van der Waals surface area (Å²) in [5.74, 6) is 0.772. The van der Waals surface area contributed by atoms with Gasteiger partial charge in [0.1, 0.15) is 28.4 Å². The number of nitrogens with two attached hydrogens (primary N) is 1. The van der Waals surface area contributed by atoms with Gasteiger partial charge in [-0.2, -0.15) is 5.10 Å². The van der Waals surface area contributed by atoms with E-state index in [1.807, 2.05) is 57.2 Å². The molecule has 3 aromatic heterocycles. The lowest BCUT2D eigenvalue weighted by molar-refractivity contribution is 0.0127. The molecule has 270 valence electrons. The van der Waals surface area contributed by atoms with Crippen molar-refractivity contribution in [3.63, 3.8) is 0 Å². The van der Waals surface area contributed by atoms with Crippen molar-refractivity contribution < 1.29 is 28.6 Å². The lowest BCUT2D eigenvalue weighted by atomic mass is 10.0. The molecule has 0 aliphatic carbocycles. The van der Waals surface area contributed by atoms with Crippen molar-refractivity contribution in [2.45, 2.75) is 64.2 Å². The molecule has 0 spiro atoms. The van der Waals surface area contributed by atoms with Gasteiger partial charge in [-0.3, -0.25) is 4.79 Å². The number of anilines is 2. The molecule has 3 amide bonds. The second-order valence-corrected chi connectivity index (χ2v) is 15.3. The molecule has 0 unspecified atom stereocenters. The second-order valence-electron chi connectivity index (χ2n) is 14.2. The maximum Gasteiger partial charge on any atom is 0.410 e. The van der Waals surface area contributed by atoms with Crippen LogP contribution in [-0.2, 0) is 9.47 Å². The minimum atomic E-state index is -0.555. The summed E-state index contributed by atoms with van der Waals surface area (Å²) in [5, 5.41) is 8.73. The van der Waals surface area contributed by atoms with E-state index < -0.39 is 5.60 Å². The molecule has 14 nitrogen and oxygen atoms in total. The first-order chi connectivity index (χ1) is 24.5. The fraction of sp³-hybridized carbons (Fsp3) is 0.472. The molecule has 6 heterocycles. The molecular weight excluding hydrogens is 673 g/mol. The minimum Gasteiger partial charge on any atom is -0.488 e. The maximum atomic E-state index is 14.1. The molecule has 0 saturated carbocycles. The van der Waals surface area contributed by atoms with Crippen molar-refractivity contribution in [2.24, 2.45) is 0 Å². The Balaban J connectivity index is 1.07. The molecule has 7 rings (SSSR count). The highest BCUT2D eigenvalue weighted by atomic mass is 32.1. The molecule has 1 aromatic carbocycles. The third-order valence-electron chi connectivity index (χ3n) is 9.48. The highest BCUT2D eigenvalue weighted by molar-refractivity contribution is 7.21. The van der Waals surface area contributed by atoms with E-state index in [0.29, 0.717) is 67.5 Å². The van der Waals surface area contributed by atoms with E-state index in [4.69, 9.17) is 19.9 Å². The van der Waals surface area contributed by atoms with Crippen molar-refractivity contribution in [3.05, 3.63) is 53.3 Å². The zero-order chi connectivity index (χ0) is 35.9. The van der Waals surface area contributed by atoms with E-state index in [1.54, 1.807) is 14.3 Å². The lowest BCUT2D eigenvalue weighted by Gasteiger charge is -2.34. The monoisotopic (exact) mass is 716 g/mol. The number of ether oxygens (including phenoxy) is 3. The molecular formula is C36H44N8O6S. The van der Waals surface area contributed by atoms with E-state index in [2.05, 4.69) is 20.3 Å². The van der Waals surface area contributed by atoms with E-state index in [9.17, 15) is 14.4 Å². The molecule has 3 aliphatic rings. The van der Waals surface area contributed by atoms with Crippen molar-refractivity contribution in [1.82, 2.24) is 29.7 Å². The van der Waals surface area contributed by atoms with E-state index in [1.165, 1.54) is 24.8 Å². The number of nitrogens with one attached hydrogen (secondary N) is 1. The van der Waals surface area contributed by atoms with Crippen molar-refractivity contribution >= 4 is 62.1 Å². The number of aromatic nitrogens is 3.